The first kappa shape index (κ1) is 18.5. The highest BCUT2D eigenvalue weighted by atomic mass is 32.1. The highest BCUT2D eigenvalue weighted by Gasteiger charge is 2.21. The van der Waals surface area contributed by atoms with Crippen LogP contribution in [-0.2, 0) is 24.1 Å². The number of nitrogens with one attached hydrogen (secondary N) is 2. The minimum atomic E-state index is -0.181. The van der Waals surface area contributed by atoms with Crippen molar-refractivity contribution in [2.75, 3.05) is 19.5 Å². The van der Waals surface area contributed by atoms with Crippen LogP contribution in [0.1, 0.15) is 29.1 Å². The van der Waals surface area contributed by atoms with Gasteiger partial charge in [0.05, 0.1) is 25.3 Å². The number of anilines is 1. The number of benzene rings is 1. The molecule has 4 rings (SSSR count). The fraction of sp³-hybridized carbons (Fsp3) is 0.350. The molecule has 0 fully saturated rings. The molecule has 0 bridgehead atoms. The molecule has 7 nitrogen and oxygen atoms in total. The van der Waals surface area contributed by atoms with Gasteiger partial charge in [-0.2, -0.15) is 0 Å². The zero-order valence-electron chi connectivity index (χ0n) is 15.8. The minimum absolute atomic E-state index is 0.100. The first-order chi connectivity index (χ1) is 13.6. The van der Waals surface area contributed by atoms with Gasteiger partial charge in [-0.25, -0.2) is 4.98 Å². The molecular weight excluding hydrogens is 378 g/mol. The second-order valence-corrected chi connectivity index (χ2v) is 7.75. The Morgan fingerprint density at radius 1 is 1.29 bits per heavy atom. The molecule has 0 saturated carbocycles. The molecular formula is C20H21N3O4S. The highest BCUT2D eigenvalue weighted by molar-refractivity contribution is 7.18. The summed E-state index contributed by atoms with van der Waals surface area (Å²) in [5.41, 5.74) is 1.63. The number of rotatable bonds is 6. The Hall–Kier alpha value is -2.87. The molecule has 0 unspecified atom stereocenters. The second-order valence-electron chi connectivity index (χ2n) is 6.66. The molecule has 1 aliphatic carbocycles. The van der Waals surface area contributed by atoms with Gasteiger partial charge in [0.1, 0.15) is 22.2 Å². The molecule has 2 aromatic heterocycles. The molecule has 1 amide bonds. The van der Waals surface area contributed by atoms with Gasteiger partial charge in [0.2, 0.25) is 5.91 Å². The Morgan fingerprint density at radius 3 is 2.93 bits per heavy atom. The molecule has 0 radical (unpaired) electrons. The average Bonchev–Trinajstić information content (AvgIpc) is 3.27. The summed E-state index contributed by atoms with van der Waals surface area (Å²) < 4.78 is 10.4. The topological polar surface area (TPSA) is 93.3 Å². The molecule has 0 aliphatic heterocycles. The normalized spacial score (nSPS) is 12.8. The number of ether oxygens (including phenoxy) is 2. The first-order valence-corrected chi connectivity index (χ1v) is 9.96. The lowest BCUT2D eigenvalue weighted by Crippen LogP contribution is -2.16. The van der Waals surface area contributed by atoms with Crippen molar-refractivity contribution in [1.29, 1.82) is 0 Å². The predicted octanol–water partition coefficient (Wildman–Crippen LogP) is 3.06. The third kappa shape index (κ3) is 3.47. The number of H-pyrrole nitrogens is 1. The summed E-state index contributed by atoms with van der Waals surface area (Å²) >= 11 is 1.60. The van der Waals surface area contributed by atoms with Crippen LogP contribution < -0.4 is 20.3 Å². The van der Waals surface area contributed by atoms with Gasteiger partial charge in [0, 0.05) is 23.8 Å². The zero-order chi connectivity index (χ0) is 19.7. The second kappa shape index (κ2) is 7.63. The van der Waals surface area contributed by atoms with E-state index >= 15 is 0 Å². The number of aryl methyl sites for hydroxylation is 3. The standard InChI is InChI=1S/C20H21N3O4S/c1-26-11-6-7-13(14(10-11)27-2)21-17(24)9-8-16-22-19(25)18-12-4-3-5-15(12)28-20(18)23-16/h6-7,10H,3-5,8-9H2,1-2H3,(H,21,24)(H,22,23,25). The minimum Gasteiger partial charge on any atom is -0.497 e. The smallest absolute Gasteiger partial charge is 0.259 e. The van der Waals surface area contributed by atoms with Crippen LogP contribution in [-0.4, -0.2) is 30.1 Å². The summed E-state index contributed by atoms with van der Waals surface area (Å²) in [6, 6.07) is 5.19. The lowest BCUT2D eigenvalue weighted by Gasteiger charge is -2.11. The number of nitrogens with zero attached hydrogens (tertiary/aromatic N) is 1. The summed E-state index contributed by atoms with van der Waals surface area (Å²) in [7, 11) is 3.10. The Labute approximate surface area is 165 Å². The van der Waals surface area contributed by atoms with Gasteiger partial charge in [-0.15, -0.1) is 11.3 Å². The summed E-state index contributed by atoms with van der Waals surface area (Å²) in [5, 5.41) is 3.56. The molecule has 2 N–H and O–H groups in total. The maximum atomic E-state index is 12.5. The summed E-state index contributed by atoms with van der Waals surface area (Å²) in [5.74, 6) is 1.52. The van der Waals surface area contributed by atoms with E-state index in [1.807, 2.05) is 0 Å². The highest BCUT2D eigenvalue weighted by Crippen LogP contribution is 2.34. The van der Waals surface area contributed by atoms with Crippen LogP contribution >= 0.6 is 11.3 Å². The van der Waals surface area contributed by atoms with E-state index in [0.717, 1.165) is 35.0 Å². The van der Waals surface area contributed by atoms with Crippen molar-refractivity contribution in [3.05, 3.63) is 44.8 Å². The molecule has 146 valence electrons. The number of methoxy groups -OCH3 is 2. The number of aromatic amines is 1. The van der Waals surface area contributed by atoms with E-state index in [-0.39, 0.29) is 17.9 Å². The van der Waals surface area contributed by atoms with Crippen molar-refractivity contribution < 1.29 is 14.3 Å². The van der Waals surface area contributed by atoms with Crippen molar-refractivity contribution in [1.82, 2.24) is 9.97 Å². The third-order valence-corrected chi connectivity index (χ3v) is 6.08. The number of aromatic nitrogens is 2. The van der Waals surface area contributed by atoms with E-state index in [9.17, 15) is 9.59 Å². The van der Waals surface area contributed by atoms with Crippen molar-refractivity contribution >= 4 is 33.1 Å². The molecule has 0 spiro atoms. The van der Waals surface area contributed by atoms with Crippen molar-refractivity contribution in [2.45, 2.75) is 32.1 Å². The van der Waals surface area contributed by atoms with Crippen LogP contribution in [0.5, 0.6) is 11.5 Å². The Balaban J connectivity index is 1.46. The largest absolute Gasteiger partial charge is 0.497 e. The van der Waals surface area contributed by atoms with Gasteiger partial charge in [-0.05, 0) is 37.0 Å². The van der Waals surface area contributed by atoms with Crippen LogP contribution in [0.2, 0.25) is 0 Å². The number of fused-ring (bicyclic) bond motifs is 3. The van der Waals surface area contributed by atoms with Gasteiger partial charge in [0.15, 0.2) is 0 Å². The number of amides is 1. The van der Waals surface area contributed by atoms with Gasteiger partial charge in [-0.3, -0.25) is 9.59 Å². The number of carbonyl (C=O) groups excluding carboxylic acids is 1. The summed E-state index contributed by atoms with van der Waals surface area (Å²) in [6.45, 7) is 0. The van der Waals surface area contributed by atoms with E-state index in [1.165, 1.54) is 12.0 Å². The number of thiophene rings is 1. The molecule has 1 aromatic carbocycles. The molecule has 0 saturated heterocycles. The summed E-state index contributed by atoms with van der Waals surface area (Å²) in [4.78, 5) is 34.3. The Kier molecular flexibility index (Phi) is 5.04. The summed E-state index contributed by atoms with van der Waals surface area (Å²) in [6.07, 6.45) is 3.64. The Bertz CT molecular complexity index is 1100. The van der Waals surface area contributed by atoms with Crippen LogP contribution in [0.3, 0.4) is 0 Å². The van der Waals surface area contributed by atoms with E-state index in [2.05, 4.69) is 15.3 Å². The lowest BCUT2D eigenvalue weighted by molar-refractivity contribution is -0.116. The van der Waals surface area contributed by atoms with E-state index in [0.29, 0.717) is 29.4 Å². The van der Waals surface area contributed by atoms with Crippen molar-refractivity contribution in [3.8, 4) is 11.5 Å². The fourth-order valence-electron chi connectivity index (χ4n) is 3.51. The lowest BCUT2D eigenvalue weighted by atomic mass is 10.2. The van der Waals surface area contributed by atoms with Crippen molar-refractivity contribution in [3.63, 3.8) is 0 Å². The monoisotopic (exact) mass is 399 g/mol. The van der Waals surface area contributed by atoms with Gasteiger partial charge in [-0.1, -0.05) is 0 Å². The molecule has 1 aliphatic rings. The predicted molar refractivity (Wildman–Crippen MR) is 109 cm³/mol. The molecule has 3 aromatic rings. The third-order valence-electron chi connectivity index (χ3n) is 4.90. The zero-order valence-corrected chi connectivity index (χ0v) is 16.6. The average molecular weight is 399 g/mol. The maximum Gasteiger partial charge on any atom is 0.259 e. The number of carbonyl (C=O) groups is 1. The van der Waals surface area contributed by atoms with Crippen LogP contribution in [0.4, 0.5) is 5.69 Å². The van der Waals surface area contributed by atoms with Gasteiger partial charge in [0.25, 0.3) is 5.56 Å². The number of hydrogen-bond donors (Lipinski definition) is 2. The van der Waals surface area contributed by atoms with Crippen molar-refractivity contribution in [2.24, 2.45) is 0 Å². The first-order valence-electron chi connectivity index (χ1n) is 9.14. The molecule has 8 heteroatoms. The van der Waals surface area contributed by atoms with E-state index in [4.69, 9.17) is 9.47 Å². The SMILES string of the molecule is COc1ccc(NC(=O)CCc2nc3sc4c(c3c(=O)[nH]2)CCC4)c(OC)c1. The van der Waals surface area contributed by atoms with Crippen LogP contribution in [0.15, 0.2) is 23.0 Å². The maximum absolute atomic E-state index is 12.5. The van der Waals surface area contributed by atoms with Crippen LogP contribution in [0, 0.1) is 0 Å². The fourth-order valence-corrected chi connectivity index (χ4v) is 4.79. The van der Waals surface area contributed by atoms with E-state index < -0.39 is 0 Å². The van der Waals surface area contributed by atoms with Gasteiger partial charge >= 0.3 is 0 Å². The quantitative estimate of drug-likeness (QED) is 0.664. The molecule has 2 heterocycles. The molecule has 0 atom stereocenters. The number of hydrogen-bond acceptors (Lipinski definition) is 6. The van der Waals surface area contributed by atoms with E-state index in [1.54, 1.807) is 36.6 Å². The van der Waals surface area contributed by atoms with Gasteiger partial charge < -0.3 is 19.8 Å². The Morgan fingerprint density at radius 2 is 2.14 bits per heavy atom. The molecule has 28 heavy (non-hydrogen) atoms. The van der Waals surface area contributed by atoms with Crippen LogP contribution in [0.25, 0.3) is 10.2 Å².